The molecule has 0 amide bonds. The quantitative estimate of drug-likeness (QED) is 0.809. The van der Waals surface area contributed by atoms with Crippen LogP contribution < -0.4 is 0 Å². The highest BCUT2D eigenvalue weighted by Crippen LogP contribution is 2.30. The number of aliphatic carboxylic acids is 1. The molecule has 0 aliphatic heterocycles. The molecule has 0 saturated carbocycles. The van der Waals surface area contributed by atoms with Gasteiger partial charge in [-0.3, -0.25) is 4.79 Å². The van der Waals surface area contributed by atoms with Gasteiger partial charge in [0, 0.05) is 17.5 Å². The fourth-order valence-corrected chi connectivity index (χ4v) is 2.18. The van der Waals surface area contributed by atoms with Crippen LogP contribution in [0, 0.1) is 16.5 Å². The van der Waals surface area contributed by atoms with Crippen molar-refractivity contribution in [3.05, 3.63) is 64.6 Å². The van der Waals surface area contributed by atoms with E-state index < -0.39 is 23.6 Å². The predicted molar refractivity (Wildman–Crippen MR) is 77.2 cm³/mol. The van der Waals surface area contributed by atoms with Gasteiger partial charge in [-0.2, -0.15) is 4.91 Å². The molecule has 0 spiro atoms. The SMILES string of the molecule is O=NC(CCC(=O)O)c1ccc(-c2ccccc2F)c(F)c1. The summed E-state index contributed by atoms with van der Waals surface area (Å²) in [5, 5.41) is 11.5. The average molecular weight is 305 g/mol. The molecule has 0 radical (unpaired) electrons. The molecular formula is C16H13F2NO3. The second-order valence-electron chi connectivity index (χ2n) is 4.77. The minimum atomic E-state index is -1.06. The maximum Gasteiger partial charge on any atom is 0.303 e. The van der Waals surface area contributed by atoms with Gasteiger partial charge in [-0.15, -0.1) is 0 Å². The summed E-state index contributed by atoms with van der Waals surface area (Å²) in [4.78, 5) is 21.3. The summed E-state index contributed by atoms with van der Waals surface area (Å²) in [6.45, 7) is 0. The maximum absolute atomic E-state index is 14.2. The Morgan fingerprint density at radius 2 is 1.77 bits per heavy atom. The van der Waals surface area contributed by atoms with Gasteiger partial charge in [-0.05, 0) is 24.1 Å². The van der Waals surface area contributed by atoms with E-state index in [1.165, 1.54) is 30.3 Å². The van der Waals surface area contributed by atoms with Gasteiger partial charge in [-0.25, -0.2) is 8.78 Å². The van der Waals surface area contributed by atoms with Crippen LogP contribution in [0.3, 0.4) is 0 Å². The predicted octanol–water partition coefficient (Wildman–Crippen LogP) is 4.30. The minimum absolute atomic E-state index is 0.0165. The molecule has 0 saturated heterocycles. The molecule has 2 aromatic carbocycles. The van der Waals surface area contributed by atoms with E-state index in [2.05, 4.69) is 5.18 Å². The average Bonchev–Trinajstić information content (AvgIpc) is 2.49. The Bertz CT molecular complexity index is 704. The molecule has 1 unspecified atom stereocenters. The summed E-state index contributed by atoms with van der Waals surface area (Å²) < 4.78 is 27.9. The van der Waals surface area contributed by atoms with Crippen molar-refractivity contribution >= 4 is 5.97 Å². The van der Waals surface area contributed by atoms with Crippen molar-refractivity contribution in [2.24, 2.45) is 5.18 Å². The van der Waals surface area contributed by atoms with Crippen LogP contribution in [0.25, 0.3) is 11.1 Å². The van der Waals surface area contributed by atoms with Gasteiger partial charge in [-0.1, -0.05) is 35.5 Å². The fourth-order valence-electron chi connectivity index (χ4n) is 2.18. The lowest BCUT2D eigenvalue weighted by Crippen LogP contribution is -2.02. The van der Waals surface area contributed by atoms with Gasteiger partial charge in [0.15, 0.2) is 0 Å². The third kappa shape index (κ3) is 3.52. The van der Waals surface area contributed by atoms with Gasteiger partial charge in [0.25, 0.3) is 0 Å². The van der Waals surface area contributed by atoms with Crippen molar-refractivity contribution in [1.29, 1.82) is 0 Å². The van der Waals surface area contributed by atoms with Crippen LogP contribution in [0.4, 0.5) is 8.78 Å². The maximum atomic E-state index is 14.2. The normalized spacial score (nSPS) is 11.9. The summed E-state index contributed by atoms with van der Waals surface area (Å²) in [6.07, 6.45) is -0.260. The van der Waals surface area contributed by atoms with E-state index in [4.69, 9.17) is 5.11 Å². The highest BCUT2D eigenvalue weighted by Gasteiger charge is 2.17. The smallest absolute Gasteiger partial charge is 0.303 e. The van der Waals surface area contributed by atoms with Crippen LogP contribution in [0.1, 0.15) is 24.4 Å². The summed E-state index contributed by atoms with van der Waals surface area (Å²) >= 11 is 0. The van der Waals surface area contributed by atoms with E-state index in [0.717, 1.165) is 6.07 Å². The number of rotatable bonds is 6. The molecular weight excluding hydrogens is 292 g/mol. The van der Waals surface area contributed by atoms with E-state index in [9.17, 15) is 18.5 Å². The van der Waals surface area contributed by atoms with Crippen LogP contribution in [0.15, 0.2) is 47.6 Å². The number of nitrogens with zero attached hydrogens (tertiary/aromatic N) is 1. The zero-order valence-corrected chi connectivity index (χ0v) is 11.5. The van der Waals surface area contributed by atoms with Gasteiger partial charge in [0.1, 0.15) is 17.7 Å². The molecule has 2 aromatic rings. The topological polar surface area (TPSA) is 66.7 Å². The van der Waals surface area contributed by atoms with Crippen LogP contribution >= 0.6 is 0 Å². The molecule has 114 valence electrons. The van der Waals surface area contributed by atoms with Gasteiger partial charge in [0.05, 0.1) is 0 Å². The van der Waals surface area contributed by atoms with E-state index >= 15 is 0 Å². The molecule has 22 heavy (non-hydrogen) atoms. The third-order valence-electron chi connectivity index (χ3n) is 3.30. The summed E-state index contributed by atoms with van der Waals surface area (Å²) in [6, 6.07) is 8.74. The number of nitroso groups, excluding NO2 is 1. The summed E-state index contributed by atoms with van der Waals surface area (Å²) in [5.74, 6) is -2.30. The minimum Gasteiger partial charge on any atom is -0.481 e. The third-order valence-corrected chi connectivity index (χ3v) is 3.30. The van der Waals surface area contributed by atoms with Gasteiger partial charge >= 0.3 is 5.97 Å². The van der Waals surface area contributed by atoms with Crippen molar-refractivity contribution in [3.63, 3.8) is 0 Å². The van der Waals surface area contributed by atoms with Crippen LogP contribution in [-0.2, 0) is 4.79 Å². The Morgan fingerprint density at radius 1 is 1.09 bits per heavy atom. The fraction of sp³-hybridized carbons (Fsp3) is 0.188. The van der Waals surface area contributed by atoms with Crippen LogP contribution in [-0.4, -0.2) is 11.1 Å². The lowest BCUT2D eigenvalue weighted by atomic mass is 9.98. The largest absolute Gasteiger partial charge is 0.481 e. The van der Waals surface area contributed by atoms with Crippen molar-refractivity contribution in [1.82, 2.24) is 0 Å². The van der Waals surface area contributed by atoms with E-state index in [0.29, 0.717) is 0 Å². The molecule has 0 bridgehead atoms. The molecule has 0 aromatic heterocycles. The van der Waals surface area contributed by atoms with Gasteiger partial charge < -0.3 is 5.11 Å². The van der Waals surface area contributed by atoms with Crippen molar-refractivity contribution in [2.75, 3.05) is 0 Å². The van der Waals surface area contributed by atoms with Crippen LogP contribution in [0.2, 0.25) is 0 Å². The Balaban J connectivity index is 2.31. The first-order valence-corrected chi connectivity index (χ1v) is 6.61. The first-order chi connectivity index (χ1) is 10.5. The second-order valence-corrected chi connectivity index (χ2v) is 4.77. The lowest BCUT2D eigenvalue weighted by Gasteiger charge is -2.11. The van der Waals surface area contributed by atoms with E-state index in [1.54, 1.807) is 6.07 Å². The monoisotopic (exact) mass is 305 g/mol. The molecule has 1 N–H and O–H groups in total. The highest BCUT2D eigenvalue weighted by molar-refractivity contribution is 5.67. The lowest BCUT2D eigenvalue weighted by molar-refractivity contribution is -0.137. The molecule has 4 nitrogen and oxygen atoms in total. The second kappa shape index (κ2) is 6.89. The standard InChI is InChI=1S/C16H13F2NO3/c17-13-4-2-1-3-11(13)12-6-5-10(9-14(12)18)15(19-22)7-8-16(20)21/h1-6,9,15H,7-8H2,(H,20,21). The molecule has 2 rings (SSSR count). The highest BCUT2D eigenvalue weighted by atomic mass is 19.1. The molecule has 6 heteroatoms. The zero-order chi connectivity index (χ0) is 16.1. The Labute approximate surface area is 125 Å². The van der Waals surface area contributed by atoms with Crippen LogP contribution in [0.5, 0.6) is 0 Å². The van der Waals surface area contributed by atoms with E-state index in [1.807, 2.05) is 0 Å². The number of hydrogen-bond acceptors (Lipinski definition) is 3. The Hall–Kier alpha value is -2.63. The Kier molecular flexibility index (Phi) is 4.93. The molecule has 0 fully saturated rings. The molecule has 1 atom stereocenters. The number of hydrogen-bond donors (Lipinski definition) is 1. The number of carbonyl (C=O) groups is 1. The molecule has 0 heterocycles. The van der Waals surface area contributed by atoms with Crippen molar-refractivity contribution < 1.29 is 18.7 Å². The first kappa shape index (κ1) is 15.8. The van der Waals surface area contributed by atoms with Crippen molar-refractivity contribution in [3.8, 4) is 11.1 Å². The number of halogens is 2. The summed E-state index contributed by atoms with van der Waals surface area (Å²) in [5.41, 5.74) is 0.464. The summed E-state index contributed by atoms with van der Waals surface area (Å²) in [7, 11) is 0. The Morgan fingerprint density at radius 3 is 2.36 bits per heavy atom. The van der Waals surface area contributed by atoms with E-state index in [-0.39, 0.29) is 29.5 Å². The number of carboxylic acid groups (broad SMARTS) is 1. The number of carboxylic acids is 1. The molecule has 0 aliphatic rings. The number of benzene rings is 2. The van der Waals surface area contributed by atoms with Crippen molar-refractivity contribution in [2.45, 2.75) is 18.9 Å². The zero-order valence-electron chi connectivity index (χ0n) is 11.5. The molecule has 0 aliphatic carbocycles. The first-order valence-electron chi connectivity index (χ1n) is 6.61. The van der Waals surface area contributed by atoms with Gasteiger partial charge in [0.2, 0.25) is 0 Å².